The van der Waals surface area contributed by atoms with Gasteiger partial charge in [-0.3, -0.25) is 0 Å². The van der Waals surface area contributed by atoms with Gasteiger partial charge >= 0.3 is 0 Å². The second kappa shape index (κ2) is 19.0. The molecule has 7 rings (SSSR count). The molecule has 16 atom stereocenters. The van der Waals surface area contributed by atoms with Crippen LogP contribution in [0.25, 0.3) is 0 Å². The van der Waals surface area contributed by atoms with E-state index in [4.69, 9.17) is 32.5 Å². The molecule has 364 valence electrons. The lowest BCUT2D eigenvalue weighted by Gasteiger charge is -2.58. The molecule has 9 nitrogen and oxygen atoms in total. The monoisotopic (exact) mass is 927 g/mol. The fourth-order valence-corrected chi connectivity index (χ4v) is 15.2. The van der Waals surface area contributed by atoms with Crippen molar-refractivity contribution in [3.63, 3.8) is 0 Å². The number of aliphatic hydroxyl groups is 2. The van der Waals surface area contributed by atoms with Gasteiger partial charge in [-0.25, -0.2) is 0 Å². The van der Waals surface area contributed by atoms with Gasteiger partial charge in [-0.1, -0.05) is 93.0 Å². The van der Waals surface area contributed by atoms with Gasteiger partial charge in [0.15, 0.2) is 22.9 Å². The first kappa shape index (κ1) is 50.7. The van der Waals surface area contributed by atoms with Gasteiger partial charge in [-0.2, -0.15) is 0 Å². The van der Waals surface area contributed by atoms with Crippen molar-refractivity contribution in [2.75, 3.05) is 20.3 Å². The normalized spacial score (nSPS) is 39.6. The van der Waals surface area contributed by atoms with Crippen molar-refractivity contribution in [2.45, 2.75) is 219 Å². The van der Waals surface area contributed by atoms with E-state index >= 15 is 0 Å². The number of rotatable bonds is 15. The highest BCUT2D eigenvalue weighted by atomic mass is 28.4. The largest absolute Gasteiger partial charge is 0.497 e. The summed E-state index contributed by atoms with van der Waals surface area (Å²) in [4.78, 5) is 0. The van der Waals surface area contributed by atoms with Gasteiger partial charge in [0.2, 0.25) is 0 Å². The van der Waals surface area contributed by atoms with Crippen molar-refractivity contribution in [3.8, 4) is 5.75 Å². The van der Waals surface area contributed by atoms with E-state index in [-0.39, 0.29) is 28.2 Å². The Morgan fingerprint density at radius 1 is 0.875 bits per heavy atom. The van der Waals surface area contributed by atoms with Crippen molar-refractivity contribution < 1.29 is 42.7 Å². The Bertz CT molecular complexity index is 1750. The molecule has 5 fully saturated rings. The smallest absolute Gasteiger partial charge is 0.192 e. The molecule has 3 saturated carbocycles. The van der Waals surface area contributed by atoms with E-state index in [1.54, 1.807) is 7.11 Å². The lowest BCUT2D eigenvalue weighted by molar-refractivity contribution is -0.310. The Balaban J connectivity index is 0.964. The third-order valence-electron chi connectivity index (χ3n) is 19.0. The molecule has 64 heavy (non-hydrogen) atoms. The van der Waals surface area contributed by atoms with Crippen LogP contribution in [0, 0.1) is 46.3 Å². The molecule has 0 radical (unpaired) electrons. The fourth-order valence-electron chi connectivity index (χ4n) is 12.9. The zero-order chi connectivity index (χ0) is 46.8. The zero-order valence-corrected chi connectivity index (χ0v) is 44.7. The molecule has 2 aliphatic heterocycles. The van der Waals surface area contributed by atoms with Gasteiger partial charge < -0.3 is 42.7 Å². The van der Waals surface area contributed by atoms with Gasteiger partial charge in [0.25, 0.3) is 0 Å². The number of benzene rings is 1. The quantitative estimate of drug-likeness (QED) is 0.131. The predicted molar refractivity (Wildman–Crippen MR) is 260 cm³/mol. The summed E-state index contributed by atoms with van der Waals surface area (Å²) in [7, 11) is -2.81. The summed E-state index contributed by atoms with van der Waals surface area (Å²) in [6.07, 6.45) is 8.72. The maximum atomic E-state index is 11.9. The Morgan fingerprint density at radius 3 is 2.22 bits per heavy atom. The number of ether oxygens (including phenoxy) is 5. The highest BCUT2D eigenvalue weighted by Crippen LogP contribution is 2.69. The summed E-state index contributed by atoms with van der Waals surface area (Å²) < 4.78 is 45.4. The average molecular weight is 927 g/mol. The molecule has 6 aliphatic rings. The summed E-state index contributed by atoms with van der Waals surface area (Å²) in [5, 5.41) is 23.7. The van der Waals surface area contributed by atoms with Crippen molar-refractivity contribution in [3.05, 3.63) is 41.5 Å². The molecule has 0 bridgehead atoms. The van der Waals surface area contributed by atoms with Crippen LogP contribution in [0.2, 0.25) is 36.3 Å². The van der Waals surface area contributed by atoms with Crippen LogP contribution in [0.15, 0.2) is 35.9 Å². The molecule has 2 saturated heterocycles. The average Bonchev–Trinajstić information content (AvgIpc) is 3.70. The predicted octanol–water partition coefficient (Wildman–Crippen LogP) is 11.5. The first-order valence-corrected chi connectivity index (χ1v) is 31.2. The summed E-state index contributed by atoms with van der Waals surface area (Å²) in [6, 6.07) is 8.16. The van der Waals surface area contributed by atoms with Gasteiger partial charge in [-0.05, 0) is 158 Å². The van der Waals surface area contributed by atoms with E-state index in [1.807, 2.05) is 12.1 Å². The molecular formula is C53H90O9Si2. The molecule has 0 unspecified atom stereocenters. The molecule has 2 heterocycles. The van der Waals surface area contributed by atoms with Crippen LogP contribution >= 0.6 is 0 Å². The lowest BCUT2D eigenvalue weighted by Crippen LogP contribution is -2.64. The Kier molecular flexibility index (Phi) is 15.1. The minimum absolute atomic E-state index is 0.0127. The standard InChI is InChI=1S/C53H90O9Si2/c1-33(30-57-31-35-17-20-37(56-11)21-18-35)16-23-42-34(2)45-43(60-42)29-41-39-22-19-36-28-38(24-26-52(36,9)40(39)25-27-53(41,45)10)59-49-47(55)48(62-64(14,15)51(6,7)8)46(54)44(61-49)32-58-63(12,13)50(3,4)5/h17-21,33-34,38-49,54-55H,16,22-32H2,1-15H3/t33-,34-,38+,39-,40+,41+,42-,43+,44-,45+,46-,47-,48+,49-,52+,53+/m1/s1. The topological polar surface area (TPSA) is 105 Å². The van der Waals surface area contributed by atoms with Crippen molar-refractivity contribution >= 4 is 16.6 Å². The molecule has 11 heteroatoms. The molecule has 0 aromatic heterocycles. The summed E-state index contributed by atoms with van der Waals surface area (Å²) in [5.74, 6) is 4.62. The van der Waals surface area contributed by atoms with E-state index in [0.717, 1.165) is 50.9 Å². The summed E-state index contributed by atoms with van der Waals surface area (Å²) in [5.41, 5.74) is 3.19. The third kappa shape index (κ3) is 9.98. The maximum absolute atomic E-state index is 11.9. The lowest BCUT2D eigenvalue weighted by atomic mass is 9.47. The highest BCUT2D eigenvalue weighted by Gasteiger charge is 2.65. The number of aliphatic hydroxyl groups excluding tert-OH is 2. The second-order valence-corrected chi connectivity index (χ2v) is 34.7. The Morgan fingerprint density at radius 2 is 1.56 bits per heavy atom. The second-order valence-electron chi connectivity index (χ2n) is 25.1. The van der Waals surface area contributed by atoms with Crippen LogP contribution < -0.4 is 4.74 Å². The first-order chi connectivity index (χ1) is 29.8. The van der Waals surface area contributed by atoms with E-state index in [0.29, 0.717) is 59.7 Å². The summed E-state index contributed by atoms with van der Waals surface area (Å²) >= 11 is 0. The van der Waals surface area contributed by atoms with E-state index in [1.165, 1.54) is 30.4 Å². The SMILES string of the molecule is COc1ccc(COC[C@H](C)CC[C@H]2O[C@H]3C[C@H]4[C@@H]5CC=C6C[C@@H](O[C@@H]7O[C@H](CO[Si](C)(C)C(C)(C)C)[C@@H](O)[C@H](O[Si](C)(C)C(C)(C)C)[C@H]7O)CC[C@]6(C)[C@H]5CC[C@]4(C)[C@H]3[C@@H]2C)cc1. The Hall–Kier alpha value is -1.13. The molecular weight excluding hydrogens is 837 g/mol. The van der Waals surface area contributed by atoms with Crippen LogP contribution in [0.1, 0.15) is 133 Å². The van der Waals surface area contributed by atoms with Crippen molar-refractivity contribution in [1.82, 2.24) is 0 Å². The van der Waals surface area contributed by atoms with E-state index in [2.05, 4.69) is 114 Å². The zero-order valence-electron chi connectivity index (χ0n) is 42.7. The molecule has 0 amide bonds. The number of fused-ring (bicyclic) bond motifs is 7. The highest BCUT2D eigenvalue weighted by molar-refractivity contribution is 6.74. The van der Waals surface area contributed by atoms with E-state index in [9.17, 15) is 10.2 Å². The molecule has 0 spiro atoms. The van der Waals surface area contributed by atoms with Crippen molar-refractivity contribution in [1.29, 1.82) is 0 Å². The van der Waals surface area contributed by atoms with Crippen LogP contribution in [0.4, 0.5) is 0 Å². The van der Waals surface area contributed by atoms with Gasteiger partial charge in [-0.15, -0.1) is 0 Å². The number of methoxy groups -OCH3 is 1. The van der Waals surface area contributed by atoms with Crippen LogP contribution in [-0.2, 0) is 34.4 Å². The number of allylic oxidation sites excluding steroid dienone is 1. The van der Waals surface area contributed by atoms with Gasteiger partial charge in [0.05, 0.1) is 38.6 Å². The number of hydrogen-bond acceptors (Lipinski definition) is 9. The van der Waals surface area contributed by atoms with Gasteiger partial charge in [0, 0.05) is 6.61 Å². The van der Waals surface area contributed by atoms with Gasteiger partial charge in [0.1, 0.15) is 30.2 Å². The Labute approximate surface area is 390 Å². The fraction of sp³-hybridized carbons (Fsp3) is 0.849. The molecule has 1 aromatic rings. The minimum atomic E-state index is -2.37. The maximum Gasteiger partial charge on any atom is 0.192 e. The van der Waals surface area contributed by atoms with Crippen LogP contribution in [-0.4, -0.2) is 96.2 Å². The summed E-state index contributed by atoms with van der Waals surface area (Å²) in [6.45, 7) is 33.7. The van der Waals surface area contributed by atoms with Crippen LogP contribution in [0.5, 0.6) is 5.75 Å². The third-order valence-corrected chi connectivity index (χ3v) is 28.0. The number of hydrogen-bond donors (Lipinski definition) is 2. The minimum Gasteiger partial charge on any atom is -0.497 e. The van der Waals surface area contributed by atoms with Crippen molar-refractivity contribution in [2.24, 2.45) is 46.3 Å². The molecule has 1 aromatic carbocycles. The van der Waals surface area contributed by atoms with E-state index < -0.39 is 47.3 Å². The first-order valence-electron chi connectivity index (χ1n) is 25.3. The van der Waals surface area contributed by atoms with Crippen LogP contribution in [0.3, 0.4) is 0 Å². The molecule has 4 aliphatic carbocycles. The molecule has 2 N–H and O–H groups in total.